The summed E-state index contributed by atoms with van der Waals surface area (Å²) in [6.45, 7) is 7.78. The van der Waals surface area contributed by atoms with Crippen LogP contribution in [0.15, 0.2) is 0 Å². The summed E-state index contributed by atoms with van der Waals surface area (Å²) in [5, 5.41) is 3.36. The molecule has 1 saturated heterocycles. The van der Waals surface area contributed by atoms with Gasteiger partial charge in [0.15, 0.2) is 0 Å². The number of hydrogen-bond acceptors (Lipinski definition) is 2. The second kappa shape index (κ2) is 4.24. The van der Waals surface area contributed by atoms with Gasteiger partial charge in [0.05, 0.1) is 0 Å². The van der Waals surface area contributed by atoms with Crippen LogP contribution in [0.5, 0.6) is 0 Å². The monoisotopic (exact) mass is 157 g/mol. The normalized spacial score (nSPS) is 34.2. The SMILES string of the molecule is [CH]CC1CNCC(CS)C1. The lowest BCUT2D eigenvalue weighted by Gasteiger charge is -2.28. The van der Waals surface area contributed by atoms with Crippen LogP contribution >= 0.6 is 12.6 Å². The van der Waals surface area contributed by atoms with E-state index in [0.717, 1.165) is 31.2 Å². The molecular formula is C8H15NS. The first-order valence-electron chi connectivity index (χ1n) is 3.88. The second-order valence-electron chi connectivity index (χ2n) is 3.04. The molecule has 1 fully saturated rings. The maximum absolute atomic E-state index is 5.56. The number of nitrogens with one attached hydrogen (secondary N) is 1. The molecule has 10 heavy (non-hydrogen) atoms. The van der Waals surface area contributed by atoms with Crippen molar-refractivity contribution >= 4 is 12.6 Å². The van der Waals surface area contributed by atoms with Gasteiger partial charge in [-0.3, -0.25) is 0 Å². The number of thiol groups is 1. The minimum atomic E-state index is 0.686. The number of piperidine rings is 1. The van der Waals surface area contributed by atoms with Crippen molar-refractivity contribution in [2.24, 2.45) is 11.8 Å². The summed E-state index contributed by atoms with van der Waals surface area (Å²) in [4.78, 5) is 0. The van der Waals surface area contributed by atoms with E-state index in [1.807, 2.05) is 0 Å². The van der Waals surface area contributed by atoms with Gasteiger partial charge < -0.3 is 5.32 Å². The Morgan fingerprint density at radius 3 is 2.70 bits per heavy atom. The van der Waals surface area contributed by atoms with E-state index in [9.17, 15) is 0 Å². The van der Waals surface area contributed by atoms with E-state index in [1.165, 1.54) is 6.42 Å². The summed E-state index contributed by atoms with van der Waals surface area (Å²) in [5.41, 5.74) is 0. The minimum Gasteiger partial charge on any atom is -0.316 e. The zero-order valence-corrected chi connectivity index (χ0v) is 7.11. The molecule has 0 bridgehead atoms. The molecule has 0 saturated carbocycles. The Labute approximate surface area is 69.0 Å². The van der Waals surface area contributed by atoms with Gasteiger partial charge in [0.1, 0.15) is 0 Å². The van der Waals surface area contributed by atoms with E-state index in [4.69, 9.17) is 6.92 Å². The van der Waals surface area contributed by atoms with Gasteiger partial charge in [-0.25, -0.2) is 0 Å². The third-order valence-corrected chi connectivity index (χ3v) is 2.64. The van der Waals surface area contributed by atoms with Gasteiger partial charge in [0.25, 0.3) is 0 Å². The Balaban J connectivity index is 2.25. The van der Waals surface area contributed by atoms with E-state index < -0.39 is 0 Å². The fraction of sp³-hybridized carbons (Fsp3) is 0.875. The van der Waals surface area contributed by atoms with E-state index >= 15 is 0 Å². The van der Waals surface area contributed by atoms with Crippen LogP contribution < -0.4 is 5.32 Å². The topological polar surface area (TPSA) is 12.0 Å². The van der Waals surface area contributed by atoms with Crippen molar-refractivity contribution in [1.82, 2.24) is 5.32 Å². The molecule has 2 radical (unpaired) electrons. The van der Waals surface area contributed by atoms with Gasteiger partial charge in [-0.1, -0.05) is 0 Å². The Morgan fingerprint density at radius 2 is 2.10 bits per heavy atom. The first kappa shape index (κ1) is 8.41. The maximum atomic E-state index is 5.56. The summed E-state index contributed by atoms with van der Waals surface area (Å²) in [7, 11) is 0. The van der Waals surface area contributed by atoms with Crippen LogP contribution in [-0.4, -0.2) is 18.8 Å². The van der Waals surface area contributed by atoms with E-state index in [-0.39, 0.29) is 0 Å². The number of hydrogen-bond donors (Lipinski definition) is 2. The van der Waals surface area contributed by atoms with Crippen LogP contribution in [0.1, 0.15) is 12.8 Å². The molecule has 2 heteroatoms. The fourth-order valence-electron chi connectivity index (χ4n) is 1.45. The highest BCUT2D eigenvalue weighted by Gasteiger charge is 2.18. The summed E-state index contributed by atoms with van der Waals surface area (Å²) in [6, 6.07) is 0. The molecule has 0 aliphatic carbocycles. The highest BCUT2D eigenvalue weighted by Crippen LogP contribution is 2.19. The molecular weight excluding hydrogens is 142 g/mol. The first-order chi connectivity index (χ1) is 4.86. The Bertz CT molecular complexity index is 85.3. The average Bonchev–Trinajstić information content (AvgIpc) is 2.05. The zero-order chi connectivity index (χ0) is 7.40. The molecule has 0 amide bonds. The molecule has 58 valence electrons. The van der Waals surface area contributed by atoms with Crippen molar-refractivity contribution in [3.63, 3.8) is 0 Å². The second-order valence-corrected chi connectivity index (χ2v) is 3.41. The van der Waals surface area contributed by atoms with Crippen molar-refractivity contribution < 1.29 is 0 Å². The van der Waals surface area contributed by atoms with Crippen molar-refractivity contribution in [2.45, 2.75) is 12.8 Å². The van der Waals surface area contributed by atoms with Crippen molar-refractivity contribution in [1.29, 1.82) is 0 Å². The molecule has 1 heterocycles. The van der Waals surface area contributed by atoms with Crippen LogP contribution in [0, 0.1) is 18.8 Å². The lowest BCUT2D eigenvalue weighted by atomic mass is 9.90. The molecule has 1 aliphatic heterocycles. The smallest absolute Gasteiger partial charge is 0.00125 e. The van der Waals surface area contributed by atoms with Gasteiger partial charge in [-0.15, -0.1) is 0 Å². The molecule has 1 N–H and O–H groups in total. The minimum absolute atomic E-state index is 0.686. The van der Waals surface area contributed by atoms with Crippen LogP contribution in [0.4, 0.5) is 0 Å². The van der Waals surface area contributed by atoms with Crippen LogP contribution in [0.25, 0.3) is 0 Å². The molecule has 0 aromatic carbocycles. The fourth-order valence-corrected chi connectivity index (χ4v) is 1.73. The molecule has 1 aliphatic rings. The Hall–Kier alpha value is 0.310. The third-order valence-electron chi connectivity index (χ3n) is 2.12. The van der Waals surface area contributed by atoms with E-state index in [0.29, 0.717) is 5.92 Å². The molecule has 2 atom stereocenters. The van der Waals surface area contributed by atoms with E-state index in [2.05, 4.69) is 17.9 Å². The van der Waals surface area contributed by atoms with Gasteiger partial charge in [0.2, 0.25) is 0 Å². The van der Waals surface area contributed by atoms with E-state index in [1.54, 1.807) is 0 Å². The number of rotatable bonds is 2. The molecule has 0 spiro atoms. The predicted molar refractivity (Wildman–Crippen MR) is 47.2 cm³/mol. The molecule has 1 rings (SSSR count). The van der Waals surface area contributed by atoms with Crippen LogP contribution in [-0.2, 0) is 0 Å². The summed E-state index contributed by atoms with van der Waals surface area (Å²) in [5.74, 6) is 2.42. The summed E-state index contributed by atoms with van der Waals surface area (Å²) < 4.78 is 0. The largest absolute Gasteiger partial charge is 0.316 e. The van der Waals surface area contributed by atoms with Gasteiger partial charge in [0, 0.05) is 0 Å². The van der Waals surface area contributed by atoms with Crippen LogP contribution in [0.2, 0.25) is 0 Å². The highest BCUT2D eigenvalue weighted by molar-refractivity contribution is 7.80. The van der Waals surface area contributed by atoms with Gasteiger partial charge >= 0.3 is 0 Å². The van der Waals surface area contributed by atoms with Crippen molar-refractivity contribution in [2.75, 3.05) is 18.8 Å². The molecule has 0 aromatic heterocycles. The van der Waals surface area contributed by atoms with Crippen molar-refractivity contribution in [3.05, 3.63) is 6.92 Å². The summed E-state index contributed by atoms with van der Waals surface area (Å²) in [6.07, 6.45) is 2.07. The quantitative estimate of drug-likeness (QED) is 0.575. The molecule has 1 nitrogen and oxygen atoms in total. The predicted octanol–water partition coefficient (Wildman–Crippen LogP) is 1.24. The first-order valence-corrected chi connectivity index (χ1v) is 4.51. The lowest BCUT2D eigenvalue weighted by molar-refractivity contribution is 0.308. The van der Waals surface area contributed by atoms with Gasteiger partial charge in [-0.2, -0.15) is 12.6 Å². The van der Waals surface area contributed by atoms with Gasteiger partial charge in [-0.05, 0) is 50.4 Å². The standard InChI is InChI=1S/C8H15NS/c1-2-7-3-8(6-10)5-9-4-7/h1,7-10H,2-6H2. The highest BCUT2D eigenvalue weighted by atomic mass is 32.1. The lowest BCUT2D eigenvalue weighted by Crippen LogP contribution is -2.36. The zero-order valence-electron chi connectivity index (χ0n) is 6.21. The third kappa shape index (κ3) is 2.17. The maximum Gasteiger partial charge on any atom is -0.00125 e. The molecule has 2 unspecified atom stereocenters. The van der Waals surface area contributed by atoms with Crippen molar-refractivity contribution in [3.8, 4) is 0 Å². The summed E-state index contributed by atoms with van der Waals surface area (Å²) >= 11 is 4.26. The average molecular weight is 157 g/mol. The van der Waals surface area contributed by atoms with Crippen LogP contribution in [0.3, 0.4) is 0 Å². The Kier molecular flexibility index (Phi) is 3.57. The molecule has 0 aromatic rings. The Morgan fingerprint density at radius 1 is 1.40 bits per heavy atom.